The lowest BCUT2D eigenvalue weighted by Crippen LogP contribution is -2.28. The van der Waals surface area contributed by atoms with Crippen molar-refractivity contribution in [1.82, 2.24) is 0 Å². The van der Waals surface area contributed by atoms with E-state index in [0.717, 1.165) is 0 Å². The standard InChI is InChI=1S/C18H13N3O6/c19-10-13(8-12-4-6-16(7-5-12)27-11-17(22)23)18(24)20-14-2-1-3-15(9-14)21(25)26/h1-9H,11H2,(H,20,24)(H,22,23)/p-1/b13-8+. The summed E-state index contributed by atoms with van der Waals surface area (Å²) in [5.41, 5.74) is 0.273. The number of nitrogens with zero attached hydrogens (tertiary/aromatic N) is 2. The SMILES string of the molecule is N#C/C(=C\c1ccc(OCC(=O)[O-])cc1)C(=O)Nc1cccc([N+](=O)[O-])c1. The number of carbonyl (C=O) groups excluding carboxylic acids is 2. The van der Waals surface area contributed by atoms with Crippen molar-refractivity contribution in [2.24, 2.45) is 0 Å². The maximum atomic E-state index is 12.2. The summed E-state index contributed by atoms with van der Waals surface area (Å²) >= 11 is 0. The van der Waals surface area contributed by atoms with Crippen molar-refractivity contribution in [2.75, 3.05) is 11.9 Å². The van der Waals surface area contributed by atoms with Crippen molar-refractivity contribution in [2.45, 2.75) is 0 Å². The van der Waals surface area contributed by atoms with Gasteiger partial charge in [0.25, 0.3) is 11.6 Å². The van der Waals surface area contributed by atoms with Crippen LogP contribution in [0.25, 0.3) is 6.08 Å². The van der Waals surface area contributed by atoms with Gasteiger partial charge in [-0.3, -0.25) is 14.9 Å². The van der Waals surface area contributed by atoms with Crippen molar-refractivity contribution in [3.8, 4) is 11.8 Å². The van der Waals surface area contributed by atoms with E-state index in [9.17, 15) is 30.1 Å². The number of carboxylic acids is 1. The van der Waals surface area contributed by atoms with Gasteiger partial charge in [0.1, 0.15) is 24.0 Å². The molecule has 0 bridgehead atoms. The minimum absolute atomic E-state index is 0.182. The summed E-state index contributed by atoms with van der Waals surface area (Å²) in [6.07, 6.45) is 1.31. The Balaban J connectivity index is 2.12. The number of nitro benzene ring substituents is 1. The van der Waals surface area contributed by atoms with Gasteiger partial charge in [-0.25, -0.2) is 0 Å². The third kappa shape index (κ3) is 5.68. The van der Waals surface area contributed by atoms with Crippen LogP contribution in [0.15, 0.2) is 54.1 Å². The quantitative estimate of drug-likeness (QED) is 0.336. The van der Waals surface area contributed by atoms with Crippen LogP contribution >= 0.6 is 0 Å². The van der Waals surface area contributed by atoms with Gasteiger partial charge >= 0.3 is 0 Å². The molecule has 9 heteroatoms. The van der Waals surface area contributed by atoms with Crippen molar-refractivity contribution >= 4 is 29.3 Å². The molecule has 0 aromatic heterocycles. The van der Waals surface area contributed by atoms with Crippen LogP contribution in [0.4, 0.5) is 11.4 Å². The second-order valence-corrected chi connectivity index (χ2v) is 5.16. The Bertz CT molecular complexity index is 944. The first-order chi connectivity index (χ1) is 12.9. The third-order valence-corrected chi connectivity index (χ3v) is 3.23. The molecule has 0 radical (unpaired) electrons. The molecule has 0 aliphatic rings. The van der Waals surface area contributed by atoms with Crippen LogP contribution in [0.1, 0.15) is 5.56 Å². The zero-order valence-corrected chi connectivity index (χ0v) is 13.7. The number of nitriles is 1. The number of hydrogen-bond acceptors (Lipinski definition) is 7. The molecular weight excluding hydrogens is 354 g/mol. The highest BCUT2D eigenvalue weighted by molar-refractivity contribution is 6.09. The van der Waals surface area contributed by atoms with Crippen molar-refractivity contribution in [1.29, 1.82) is 5.26 Å². The van der Waals surface area contributed by atoms with Gasteiger partial charge in [0, 0.05) is 17.8 Å². The largest absolute Gasteiger partial charge is 0.546 e. The van der Waals surface area contributed by atoms with E-state index in [-0.39, 0.29) is 22.7 Å². The summed E-state index contributed by atoms with van der Waals surface area (Å²) in [4.78, 5) is 32.7. The van der Waals surface area contributed by atoms with E-state index in [0.29, 0.717) is 5.56 Å². The Morgan fingerprint density at radius 2 is 1.93 bits per heavy atom. The summed E-state index contributed by atoms with van der Waals surface area (Å²) in [5.74, 6) is -1.80. The lowest BCUT2D eigenvalue weighted by molar-refractivity contribution is -0.384. The number of benzene rings is 2. The molecule has 0 spiro atoms. The van der Waals surface area contributed by atoms with Crippen molar-refractivity contribution in [3.05, 3.63) is 69.8 Å². The Kier molecular flexibility index (Phi) is 6.22. The van der Waals surface area contributed by atoms with E-state index >= 15 is 0 Å². The summed E-state index contributed by atoms with van der Waals surface area (Å²) in [5, 5.41) is 32.7. The highest BCUT2D eigenvalue weighted by Crippen LogP contribution is 2.19. The summed E-state index contributed by atoms with van der Waals surface area (Å²) < 4.78 is 4.93. The molecule has 2 aromatic rings. The topological polar surface area (TPSA) is 145 Å². The van der Waals surface area contributed by atoms with Crippen LogP contribution in [0.3, 0.4) is 0 Å². The summed E-state index contributed by atoms with van der Waals surface area (Å²) in [6, 6.07) is 13.1. The Morgan fingerprint density at radius 3 is 2.52 bits per heavy atom. The highest BCUT2D eigenvalue weighted by atomic mass is 16.6. The maximum absolute atomic E-state index is 12.2. The van der Waals surface area contributed by atoms with E-state index in [2.05, 4.69) is 5.32 Å². The molecule has 2 rings (SSSR count). The number of nitro groups is 1. The second kappa shape index (κ2) is 8.77. The van der Waals surface area contributed by atoms with Gasteiger partial charge in [-0.1, -0.05) is 18.2 Å². The van der Waals surface area contributed by atoms with E-state index in [1.165, 1.54) is 54.6 Å². The number of anilines is 1. The molecule has 0 heterocycles. The number of rotatable bonds is 7. The molecule has 0 saturated heterocycles. The molecule has 27 heavy (non-hydrogen) atoms. The maximum Gasteiger partial charge on any atom is 0.271 e. The molecule has 1 amide bonds. The summed E-state index contributed by atoms with van der Waals surface area (Å²) in [7, 11) is 0. The van der Waals surface area contributed by atoms with Crippen molar-refractivity contribution < 1.29 is 24.4 Å². The van der Waals surface area contributed by atoms with Gasteiger partial charge in [0.15, 0.2) is 0 Å². The minimum Gasteiger partial charge on any atom is -0.546 e. The van der Waals surface area contributed by atoms with E-state index in [1.54, 1.807) is 6.07 Å². The Hall–Kier alpha value is -4.19. The van der Waals surface area contributed by atoms with Crippen LogP contribution in [0, 0.1) is 21.4 Å². The molecule has 0 aliphatic carbocycles. The third-order valence-electron chi connectivity index (χ3n) is 3.23. The lowest BCUT2D eigenvalue weighted by atomic mass is 10.1. The molecule has 1 N–H and O–H groups in total. The molecule has 0 atom stereocenters. The summed E-state index contributed by atoms with van der Waals surface area (Å²) in [6.45, 7) is -0.593. The number of carboxylic acid groups (broad SMARTS) is 1. The fraction of sp³-hybridized carbons (Fsp3) is 0.0556. The fourth-order valence-electron chi connectivity index (χ4n) is 2.01. The molecule has 0 aliphatic heterocycles. The van der Waals surface area contributed by atoms with E-state index in [4.69, 9.17) is 4.74 Å². The second-order valence-electron chi connectivity index (χ2n) is 5.16. The number of nitrogens with one attached hydrogen (secondary N) is 1. The predicted octanol–water partition coefficient (Wildman–Crippen LogP) is 1.27. The van der Waals surface area contributed by atoms with Gasteiger partial charge in [-0.2, -0.15) is 5.26 Å². The predicted molar refractivity (Wildman–Crippen MR) is 92.3 cm³/mol. The average molecular weight is 366 g/mol. The van der Waals surface area contributed by atoms with Crippen LogP contribution < -0.4 is 15.2 Å². The number of ether oxygens (including phenoxy) is 1. The molecule has 9 nitrogen and oxygen atoms in total. The fourth-order valence-corrected chi connectivity index (χ4v) is 2.01. The zero-order valence-electron chi connectivity index (χ0n) is 13.7. The smallest absolute Gasteiger partial charge is 0.271 e. The van der Waals surface area contributed by atoms with Crippen LogP contribution in [0.5, 0.6) is 5.75 Å². The first-order valence-corrected chi connectivity index (χ1v) is 7.49. The molecule has 2 aromatic carbocycles. The molecule has 0 fully saturated rings. The highest BCUT2D eigenvalue weighted by Gasteiger charge is 2.12. The van der Waals surface area contributed by atoms with Gasteiger partial charge in [0.05, 0.1) is 10.9 Å². The van der Waals surface area contributed by atoms with Gasteiger partial charge in [-0.05, 0) is 29.8 Å². The molecule has 0 saturated carbocycles. The van der Waals surface area contributed by atoms with Crippen molar-refractivity contribution in [3.63, 3.8) is 0 Å². The number of hydrogen-bond donors (Lipinski definition) is 1. The van der Waals surface area contributed by atoms with Gasteiger partial charge < -0.3 is 20.0 Å². The van der Waals surface area contributed by atoms with Crippen LogP contribution in [-0.2, 0) is 9.59 Å². The molecule has 0 unspecified atom stereocenters. The van der Waals surface area contributed by atoms with Crippen LogP contribution in [-0.4, -0.2) is 23.4 Å². The van der Waals surface area contributed by atoms with Gasteiger partial charge in [-0.15, -0.1) is 0 Å². The first kappa shape index (κ1) is 19.1. The number of aliphatic carboxylic acids is 1. The molecular formula is C18H12N3O6-. The number of amides is 1. The average Bonchev–Trinajstić information content (AvgIpc) is 2.65. The van der Waals surface area contributed by atoms with E-state index < -0.39 is 23.4 Å². The monoisotopic (exact) mass is 366 g/mol. The minimum atomic E-state index is -1.36. The number of non-ortho nitro benzene ring substituents is 1. The van der Waals surface area contributed by atoms with E-state index in [1.807, 2.05) is 0 Å². The Morgan fingerprint density at radius 1 is 1.22 bits per heavy atom. The Labute approximate surface area is 153 Å². The van der Waals surface area contributed by atoms with Crippen LogP contribution in [0.2, 0.25) is 0 Å². The normalized spacial score (nSPS) is 10.6. The number of carbonyl (C=O) groups is 2. The molecule has 136 valence electrons. The van der Waals surface area contributed by atoms with Gasteiger partial charge in [0.2, 0.25) is 0 Å². The lowest BCUT2D eigenvalue weighted by Gasteiger charge is -2.07. The zero-order chi connectivity index (χ0) is 19.8. The first-order valence-electron chi connectivity index (χ1n) is 7.49.